The first-order valence-electron chi connectivity index (χ1n) is 5.99. The predicted octanol–water partition coefficient (Wildman–Crippen LogP) is 1.26. The topological polar surface area (TPSA) is 81.4 Å². The quantitative estimate of drug-likeness (QED) is 0.820. The van der Waals surface area contributed by atoms with Crippen LogP contribution in [0.25, 0.3) is 0 Å². The lowest BCUT2D eigenvalue weighted by Gasteiger charge is -2.34. The second-order valence-corrected chi connectivity index (χ2v) is 6.64. The zero-order chi connectivity index (χ0) is 14.1. The van der Waals surface area contributed by atoms with Gasteiger partial charge < -0.3 is 10.5 Å². The molecule has 7 heteroatoms. The SMILES string of the molecule is CC1(NS(=O)(=O)c2ccc(N)c(F)c2)CCOCC1. The van der Waals surface area contributed by atoms with E-state index in [9.17, 15) is 12.8 Å². The number of benzene rings is 1. The normalized spacial score (nSPS) is 19.3. The number of nitrogens with one attached hydrogen (secondary N) is 1. The van der Waals surface area contributed by atoms with E-state index in [0.29, 0.717) is 26.1 Å². The molecule has 0 aliphatic carbocycles. The molecule has 0 amide bonds. The number of nitrogens with two attached hydrogens (primary N) is 1. The molecular formula is C12H17FN2O3S. The van der Waals surface area contributed by atoms with Crippen LogP contribution in [-0.4, -0.2) is 27.2 Å². The maximum Gasteiger partial charge on any atom is 0.241 e. The number of halogens is 1. The van der Waals surface area contributed by atoms with Gasteiger partial charge in [0.15, 0.2) is 0 Å². The van der Waals surface area contributed by atoms with Crippen molar-refractivity contribution in [3.05, 3.63) is 24.0 Å². The minimum Gasteiger partial charge on any atom is -0.396 e. The Hall–Kier alpha value is -1.18. The van der Waals surface area contributed by atoms with E-state index >= 15 is 0 Å². The Bertz CT molecular complexity index is 568. The van der Waals surface area contributed by atoms with Crippen molar-refractivity contribution in [1.82, 2.24) is 4.72 Å². The maximum absolute atomic E-state index is 13.3. The van der Waals surface area contributed by atoms with E-state index in [2.05, 4.69) is 4.72 Å². The zero-order valence-corrected chi connectivity index (χ0v) is 11.5. The van der Waals surface area contributed by atoms with Gasteiger partial charge in [0.25, 0.3) is 0 Å². The summed E-state index contributed by atoms with van der Waals surface area (Å²) < 4.78 is 45.6. The summed E-state index contributed by atoms with van der Waals surface area (Å²) in [7, 11) is -3.76. The molecule has 0 atom stereocenters. The van der Waals surface area contributed by atoms with Gasteiger partial charge in [0.2, 0.25) is 10.0 Å². The summed E-state index contributed by atoms with van der Waals surface area (Å²) >= 11 is 0. The van der Waals surface area contributed by atoms with Gasteiger partial charge >= 0.3 is 0 Å². The first kappa shape index (κ1) is 14.2. The van der Waals surface area contributed by atoms with Crippen LogP contribution in [0.3, 0.4) is 0 Å². The summed E-state index contributed by atoms with van der Waals surface area (Å²) in [6.45, 7) is 2.84. The van der Waals surface area contributed by atoms with Crippen molar-refractivity contribution in [2.24, 2.45) is 0 Å². The van der Waals surface area contributed by atoms with Crippen LogP contribution in [0.1, 0.15) is 19.8 Å². The molecule has 1 saturated heterocycles. The van der Waals surface area contributed by atoms with Gasteiger partial charge in [-0.3, -0.25) is 0 Å². The molecule has 1 aliphatic heterocycles. The van der Waals surface area contributed by atoms with Crippen molar-refractivity contribution in [3.63, 3.8) is 0 Å². The van der Waals surface area contributed by atoms with E-state index in [1.165, 1.54) is 12.1 Å². The van der Waals surface area contributed by atoms with Crippen LogP contribution >= 0.6 is 0 Å². The van der Waals surface area contributed by atoms with E-state index in [4.69, 9.17) is 10.5 Å². The molecule has 1 fully saturated rings. The molecular weight excluding hydrogens is 271 g/mol. The molecule has 0 aromatic heterocycles. The lowest BCUT2D eigenvalue weighted by molar-refractivity contribution is 0.0537. The number of hydrogen-bond acceptors (Lipinski definition) is 4. The average Bonchev–Trinajstić information content (AvgIpc) is 2.32. The lowest BCUT2D eigenvalue weighted by Crippen LogP contribution is -2.49. The highest BCUT2D eigenvalue weighted by atomic mass is 32.2. The van der Waals surface area contributed by atoms with Crippen LogP contribution in [0.15, 0.2) is 23.1 Å². The zero-order valence-electron chi connectivity index (χ0n) is 10.6. The summed E-state index contributed by atoms with van der Waals surface area (Å²) in [5, 5.41) is 0. The molecule has 1 heterocycles. The van der Waals surface area contributed by atoms with Crippen LogP contribution in [0.2, 0.25) is 0 Å². The molecule has 0 spiro atoms. The van der Waals surface area contributed by atoms with E-state index in [0.717, 1.165) is 6.07 Å². The number of rotatable bonds is 3. The molecule has 1 aromatic carbocycles. The Morgan fingerprint density at radius 1 is 1.37 bits per heavy atom. The summed E-state index contributed by atoms with van der Waals surface area (Å²) in [6, 6.07) is 3.47. The molecule has 2 rings (SSSR count). The maximum atomic E-state index is 13.3. The second kappa shape index (κ2) is 5.07. The molecule has 1 aromatic rings. The smallest absolute Gasteiger partial charge is 0.241 e. The molecule has 3 N–H and O–H groups in total. The molecule has 0 saturated carbocycles. The number of hydrogen-bond donors (Lipinski definition) is 2. The fourth-order valence-electron chi connectivity index (χ4n) is 1.98. The standard InChI is InChI=1S/C12H17FN2O3S/c1-12(4-6-18-7-5-12)15-19(16,17)9-2-3-11(14)10(13)8-9/h2-3,8,15H,4-7,14H2,1H3. The molecule has 19 heavy (non-hydrogen) atoms. The van der Waals surface area contributed by atoms with Crippen molar-refractivity contribution in [2.45, 2.75) is 30.2 Å². The third-order valence-electron chi connectivity index (χ3n) is 3.26. The first-order valence-corrected chi connectivity index (χ1v) is 7.47. The van der Waals surface area contributed by atoms with E-state index in [1.807, 2.05) is 6.92 Å². The summed E-state index contributed by atoms with van der Waals surface area (Å²) in [4.78, 5) is -0.119. The fourth-order valence-corrected chi connectivity index (χ4v) is 3.46. The largest absolute Gasteiger partial charge is 0.396 e. The van der Waals surface area contributed by atoms with Crippen LogP contribution < -0.4 is 10.5 Å². The first-order chi connectivity index (χ1) is 8.82. The van der Waals surface area contributed by atoms with E-state index < -0.39 is 21.4 Å². The van der Waals surface area contributed by atoms with E-state index in [-0.39, 0.29) is 10.6 Å². The van der Waals surface area contributed by atoms with Crippen molar-refractivity contribution < 1.29 is 17.5 Å². The number of anilines is 1. The van der Waals surface area contributed by atoms with Gasteiger partial charge in [0, 0.05) is 18.8 Å². The van der Waals surface area contributed by atoms with E-state index in [1.54, 1.807) is 0 Å². The Kier molecular flexibility index (Phi) is 3.80. The Morgan fingerprint density at radius 2 is 2.00 bits per heavy atom. The number of ether oxygens (including phenoxy) is 1. The second-order valence-electron chi connectivity index (χ2n) is 4.96. The number of nitrogen functional groups attached to an aromatic ring is 1. The summed E-state index contributed by atoms with van der Waals surface area (Å²) in [5.41, 5.74) is 4.70. The van der Waals surface area contributed by atoms with Crippen LogP contribution in [0, 0.1) is 5.82 Å². The molecule has 5 nitrogen and oxygen atoms in total. The van der Waals surface area contributed by atoms with Crippen molar-refractivity contribution in [3.8, 4) is 0 Å². The lowest BCUT2D eigenvalue weighted by atomic mass is 9.94. The van der Waals surface area contributed by atoms with Crippen LogP contribution in [-0.2, 0) is 14.8 Å². The molecule has 0 bridgehead atoms. The molecule has 106 valence electrons. The monoisotopic (exact) mass is 288 g/mol. The molecule has 0 unspecified atom stereocenters. The van der Waals surface area contributed by atoms with Crippen LogP contribution in [0.5, 0.6) is 0 Å². The average molecular weight is 288 g/mol. The summed E-state index contributed by atoms with van der Waals surface area (Å²) in [5.74, 6) is -0.736. The van der Waals surface area contributed by atoms with Gasteiger partial charge in [0.1, 0.15) is 5.82 Å². The van der Waals surface area contributed by atoms with Gasteiger partial charge in [0.05, 0.1) is 10.6 Å². The third-order valence-corrected chi connectivity index (χ3v) is 4.90. The van der Waals surface area contributed by atoms with Gasteiger partial charge in [-0.05, 0) is 38.0 Å². The highest BCUT2D eigenvalue weighted by Crippen LogP contribution is 2.24. The van der Waals surface area contributed by atoms with Crippen LogP contribution in [0.4, 0.5) is 10.1 Å². The van der Waals surface area contributed by atoms with Gasteiger partial charge in [-0.2, -0.15) is 0 Å². The van der Waals surface area contributed by atoms with Gasteiger partial charge in [-0.1, -0.05) is 0 Å². The minimum atomic E-state index is -3.76. The van der Waals surface area contributed by atoms with Gasteiger partial charge in [-0.15, -0.1) is 0 Å². The third kappa shape index (κ3) is 3.23. The Balaban J connectivity index is 2.24. The van der Waals surface area contributed by atoms with Crippen molar-refractivity contribution in [2.75, 3.05) is 18.9 Å². The van der Waals surface area contributed by atoms with Crippen molar-refractivity contribution >= 4 is 15.7 Å². The number of sulfonamides is 1. The summed E-state index contributed by atoms with van der Waals surface area (Å²) in [6.07, 6.45) is 1.17. The highest BCUT2D eigenvalue weighted by molar-refractivity contribution is 7.89. The minimum absolute atomic E-state index is 0.0729. The highest BCUT2D eigenvalue weighted by Gasteiger charge is 2.32. The fraction of sp³-hybridized carbons (Fsp3) is 0.500. The van der Waals surface area contributed by atoms with Gasteiger partial charge in [-0.25, -0.2) is 17.5 Å². The molecule has 1 aliphatic rings. The predicted molar refractivity (Wildman–Crippen MR) is 69.6 cm³/mol. The van der Waals surface area contributed by atoms with Crippen molar-refractivity contribution in [1.29, 1.82) is 0 Å². The Morgan fingerprint density at radius 3 is 2.58 bits per heavy atom. The Labute approximate surface area is 112 Å². The molecule has 0 radical (unpaired) electrons.